The molecule has 0 N–H and O–H groups in total. The van der Waals surface area contributed by atoms with E-state index in [1.54, 1.807) is 0 Å². The Labute approximate surface area is 194 Å². The predicted octanol–water partition coefficient (Wildman–Crippen LogP) is 7.36. The van der Waals surface area contributed by atoms with Crippen LogP contribution >= 0.6 is 0 Å². The molecule has 0 saturated carbocycles. The number of hydrogen-bond acceptors (Lipinski definition) is 2. The zero-order valence-electron chi connectivity index (χ0n) is 18.2. The molecule has 0 aromatic heterocycles. The first-order valence-corrected chi connectivity index (χ1v) is 11.1. The van der Waals surface area contributed by atoms with Gasteiger partial charge in [0.15, 0.2) is 0 Å². The molecule has 0 aliphatic carbocycles. The summed E-state index contributed by atoms with van der Waals surface area (Å²) in [4.78, 5) is 13.8. The van der Waals surface area contributed by atoms with Gasteiger partial charge in [-0.15, -0.1) is 0 Å². The van der Waals surface area contributed by atoms with E-state index >= 15 is 0 Å². The van der Waals surface area contributed by atoms with Crippen LogP contribution in [0, 0.1) is 0 Å². The van der Waals surface area contributed by atoms with E-state index in [0.29, 0.717) is 5.75 Å². The summed E-state index contributed by atoms with van der Waals surface area (Å²) in [6, 6.07) is 44.1. The molecule has 5 aromatic rings. The monoisotopic (exact) mass is 428 g/mol. The van der Waals surface area contributed by atoms with Gasteiger partial charge in [-0.2, -0.15) is 0 Å². The molecular formula is C31H24O2. The Balaban J connectivity index is 1.59. The second kappa shape index (κ2) is 9.54. The molecule has 0 amide bonds. The summed E-state index contributed by atoms with van der Waals surface area (Å²) in [6.07, 6.45) is 0. The lowest BCUT2D eigenvalue weighted by molar-refractivity contribution is -0.136. The fraction of sp³-hybridized carbons (Fsp3) is 0.0645. The molecule has 5 rings (SSSR count). The lowest BCUT2D eigenvalue weighted by atomic mass is 9.77. The van der Waals surface area contributed by atoms with Crippen LogP contribution in [0.15, 0.2) is 133 Å². The molecule has 0 bridgehead atoms. The van der Waals surface area contributed by atoms with Crippen LogP contribution in [0.5, 0.6) is 5.75 Å². The van der Waals surface area contributed by atoms with E-state index in [2.05, 4.69) is 30.3 Å². The van der Waals surface area contributed by atoms with Crippen molar-refractivity contribution in [2.45, 2.75) is 11.8 Å². The minimum absolute atomic E-state index is 0.178. The Hall–Kier alpha value is -4.17. The van der Waals surface area contributed by atoms with Crippen molar-refractivity contribution in [1.29, 1.82) is 0 Å². The SMILES string of the molecule is O=C(Oc1ccc2ccccc2c1)C(c1ccccc1)C(c1ccccc1)c1ccccc1. The Morgan fingerprint density at radius 2 is 1.00 bits per heavy atom. The quantitative estimate of drug-likeness (QED) is 0.209. The number of rotatable bonds is 6. The van der Waals surface area contributed by atoms with Gasteiger partial charge in [-0.25, -0.2) is 0 Å². The lowest BCUT2D eigenvalue weighted by Gasteiger charge is -2.27. The Bertz CT molecular complexity index is 1310. The number of esters is 1. The van der Waals surface area contributed by atoms with Crippen LogP contribution < -0.4 is 4.74 Å². The Morgan fingerprint density at radius 3 is 1.58 bits per heavy atom. The van der Waals surface area contributed by atoms with Gasteiger partial charge in [0.2, 0.25) is 0 Å². The first-order valence-electron chi connectivity index (χ1n) is 11.1. The molecular weight excluding hydrogens is 404 g/mol. The van der Waals surface area contributed by atoms with Gasteiger partial charge in [-0.05, 0) is 39.6 Å². The van der Waals surface area contributed by atoms with E-state index in [4.69, 9.17) is 4.74 Å². The Kier molecular flexibility index (Phi) is 5.99. The molecule has 0 saturated heterocycles. The first kappa shape index (κ1) is 20.7. The van der Waals surface area contributed by atoms with Crippen molar-refractivity contribution in [3.8, 4) is 5.75 Å². The summed E-state index contributed by atoms with van der Waals surface area (Å²) in [6.45, 7) is 0. The fourth-order valence-electron chi connectivity index (χ4n) is 4.43. The average molecular weight is 429 g/mol. The third-order valence-electron chi connectivity index (χ3n) is 6.00. The normalized spacial score (nSPS) is 11.9. The highest BCUT2D eigenvalue weighted by atomic mass is 16.5. The molecule has 1 atom stereocenters. The third kappa shape index (κ3) is 4.56. The molecule has 0 spiro atoms. The van der Waals surface area contributed by atoms with Gasteiger partial charge in [0.05, 0.1) is 5.92 Å². The molecule has 0 aliphatic rings. The molecule has 0 aliphatic heterocycles. The van der Waals surface area contributed by atoms with Crippen LogP contribution in [0.2, 0.25) is 0 Å². The van der Waals surface area contributed by atoms with Crippen molar-refractivity contribution < 1.29 is 9.53 Å². The fourth-order valence-corrected chi connectivity index (χ4v) is 4.43. The van der Waals surface area contributed by atoms with Crippen molar-refractivity contribution >= 4 is 16.7 Å². The zero-order chi connectivity index (χ0) is 22.5. The standard InChI is InChI=1S/C31H24O2/c32-31(33-28-21-20-23-12-10-11-19-27(23)22-28)30(26-17-8-3-9-18-26)29(24-13-4-1-5-14-24)25-15-6-2-7-16-25/h1-22,29-30H. The van der Waals surface area contributed by atoms with Gasteiger partial charge in [-0.3, -0.25) is 4.79 Å². The van der Waals surface area contributed by atoms with E-state index in [0.717, 1.165) is 27.5 Å². The second-order valence-corrected chi connectivity index (χ2v) is 8.12. The summed E-state index contributed by atoms with van der Waals surface area (Å²) in [5, 5.41) is 2.16. The van der Waals surface area contributed by atoms with Crippen molar-refractivity contribution in [2.24, 2.45) is 0 Å². The van der Waals surface area contributed by atoms with E-state index in [-0.39, 0.29) is 11.9 Å². The minimum Gasteiger partial charge on any atom is -0.426 e. The van der Waals surface area contributed by atoms with E-state index < -0.39 is 5.92 Å². The number of benzene rings is 5. The maximum atomic E-state index is 13.8. The summed E-state index contributed by atoms with van der Waals surface area (Å²) in [7, 11) is 0. The molecule has 0 radical (unpaired) electrons. The topological polar surface area (TPSA) is 26.3 Å². The largest absolute Gasteiger partial charge is 0.426 e. The number of carbonyl (C=O) groups is 1. The maximum absolute atomic E-state index is 13.8. The van der Waals surface area contributed by atoms with E-state index in [1.807, 2.05) is 103 Å². The van der Waals surface area contributed by atoms with Crippen LogP contribution in [0.3, 0.4) is 0 Å². The van der Waals surface area contributed by atoms with Crippen molar-refractivity contribution in [3.05, 3.63) is 150 Å². The molecule has 5 aromatic carbocycles. The number of carbonyl (C=O) groups excluding carboxylic acids is 1. The van der Waals surface area contributed by atoms with Gasteiger partial charge >= 0.3 is 5.97 Å². The molecule has 1 unspecified atom stereocenters. The maximum Gasteiger partial charge on any atom is 0.319 e. The predicted molar refractivity (Wildman–Crippen MR) is 133 cm³/mol. The molecule has 2 heteroatoms. The Morgan fingerprint density at radius 1 is 0.515 bits per heavy atom. The van der Waals surface area contributed by atoms with Gasteiger partial charge in [-0.1, -0.05) is 121 Å². The number of fused-ring (bicyclic) bond motifs is 1. The summed E-state index contributed by atoms with van der Waals surface area (Å²) >= 11 is 0. The van der Waals surface area contributed by atoms with Crippen LogP contribution in [0.4, 0.5) is 0 Å². The first-order chi connectivity index (χ1) is 16.3. The van der Waals surface area contributed by atoms with E-state index in [9.17, 15) is 4.79 Å². The van der Waals surface area contributed by atoms with E-state index in [1.165, 1.54) is 0 Å². The number of hydrogen-bond donors (Lipinski definition) is 0. The highest BCUT2D eigenvalue weighted by Gasteiger charge is 2.34. The van der Waals surface area contributed by atoms with Crippen molar-refractivity contribution in [1.82, 2.24) is 0 Å². The highest BCUT2D eigenvalue weighted by Crippen LogP contribution is 2.39. The molecule has 33 heavy (non-hydrogen) atoms. The summed E-state index contributed by atoms with van der Waals surface area (Å²) < 4.78 is 6.02. The zero-order valence-corrected chi connectivity index (χ0v) is 18.2. The smallest absolute Gasteiger partial charge is 0.319 e. The molecule has 160 valence electrons. The number of ether oxygens (including phenoxy) is 1. The highest BCUT2D eigenvalue weighted by molar-refractivity contribution is 5.86. The van der Waals surface area contributed by atoms with Gasteiger partial charge in [0.25, 0.3) is 0 Å². The van der Waals surface area contributed by atoms with Gasteiger partial charge < -0.3 is 4.74 Å². The molecule has 0 fully saturated rings. The minimum atomic E-state index is -0.498. The van der Waals surface area contributed by atoms with Crippen LogP contribution in [-0.4, -0.2) is 5.97 Å². The van der Waals surface area contributed by atoms with Crippen LogP contribution in [0.1, 0.15) is 28.5 Å². The molecule has 2 nitrogen and oxygen atoms in total. The second-order valence-electron chi connectivity index (χ2n) is 8.12. The van der Waals surface area contributed by atoms with Gasteiger partial charge in [0, 0.05) is 5.92 Å². The average Bonchev–Trinajstić information content (AvgIpc) is 2.88. The van der Waals surface area contributed by atoms with Crippen molar-refractivity contribution in [2.75, 3.05) is 0 Å². The van der Waals surface area contributed by atoms with Crippen LogP contribution in [-0.2, 0) is 4.79 Å². The third-order valence-corrected chi connectivity index (χ3v) is 6.00. The molecule has 0 heterocycles. The summed E-state index contributed by atoms with van der Waals surface area (Å²) in [5.41, 5.74) is 3.09. The van der Waals surface area contributed by atoms with Crippen molar-refractivity contribution in [3.63, 3.8) is 0 Å². The van der Waals surface area contributed by atoms with Crippen LogP contribution in [0.25, 0.3) is 10.8 Å². The summed E-state index contributed by atoms with van der Waals surface area (Å²) in [5.74, 6) is -0.390. The van der Waals surface area contributed by atoms with Gasteiger partial charge in [0.1, 0.15) is 5.75 Å². The lowest BCUT2D eigenvalue weighted by Crippen LogP contribution is -2.26.